The van der Waals surface area contributed by atoms with Gasteiger partial charge in [-0.05, 0) is 47.2 Å². The van der Waals surface area contributed by atoms with Crippen LogP contribution in [0.2, 0.25) is 0 Å². The van der Waals surface area contributed by atoms with Crippen LogP contribution in [0, 0.1) is 0 Å². The first-order valence-electron chi connectivity index (χ1n) is 11.6. The Kier molecular flexibility index (Phi) is 5.91. The predicted molar refractivity (Wildman–Crippen MR) is 135 cm³/mol. The zero-order valence-corrected chi connectivity index (χ0v) is 20.1. The van der Waals surface area contributed by atoms with Gasteiger partial charge < -0.3 is 14.2 Å². The molecule has 0 amide bonds. The molecule has 5 rings (SSSR count). The number of alkyl halides is 3. The van der Waals surface area contributed by atoms with Crippen molar-refractivity contribution >= 4 is 16.8 Å². The first-order valence-corrected chi connectivity index (χ1v) is 11.6. The van der Waals surface area contributed by atoms with Gasteiger partial charge in [0.25, 0.3) is 0 Å². The van der Waals surface area contributed by atoms with Crippen molar-refractivity contribution in [2.24, 2.45) is 0 Å². The van der Waals surface area contributed by atoms with Crippen LogP contribution in [-0.4, -0.2) is 13.5 Å². The van der Waals surface area contributed by atoms with Crippen LogP contribution in [0.5, 0.6) is 17.2 Å². The van der Waals surface area contributed by atoms with Gasteiger partial charge >= 0.3 is 6.36 Å². The molecule has 1 unspecified atom stereocenters. The Morgan fingerprint density at radius 1 is 0.833 bits per heavy atom. The van der Waals surface area contributed by atoms with E-state index in [-0.39, 0.29) is 11.7 Å². The lowest BCUT2D eigenvalue weighted by atomic mass is 9.81. The highest BCUT2D eigenvalue weighted by molar-refractivity contribution is 5.94. The third-order valence-corrected chi connectivity index (χ3v) is 6.48. The molecule has 0 aromatic heterocycles. The second kappa shape index (κ2) is 8.94. The molecule has 0 spiro atoms. The summed E-state index contributed by atoms with van der Waals surface area (Å²) in [6.45, 7) is 4.28. The normalized spacial score (nSPS) is 17.1. The van der Waals surface area contributed by atoms with Gasteiger partial charge in [-0.3, -0.25) is 0 Å². The molecule has 0 aliphatic carbocycles. The summed E-state index contributed by atoms with van der Waals surface area (Å²) in [4.78, 5) is 0. The molecule has 0 saturated carbocycles. The number of fused-ring (bicyclic) bond motifs is 3. The Bertz CT molecular complexity index is 1420. The molecule has 0 radical (unpaired) electrons. The molecule has 0 fully saturated rings. The fourth-order valence-electron chi connectivity index (χ4n) is 4.73. The molecule has 0 bridgehead atoms. The molecule has 3 nitrogen and oxygen atoms in total. The molecule has 0 N–H and O–H groups in total. The molecular formula is C30H25F3O3. The zero-order chi connectivity index (χ0) is 25.5. The Morgan fingerprint density at radius 2 is 1.44 bits per heavy atom. The maximum atomic E-state index is 12.8. The van der Waals surface area contributed by atoms with Crippen LogP contribution in [0.3, 0.4) is 0 Å². The molecule has 36 heavy (non-hydrogen) atoms. The second-order valence-corrected chi connectivity index (χ2v) is 9.06. The van der Waals surface area contributed by atoms with Crippen molar-refractivity contribution in [2.75, 3.05) is 7.11 Å². The van der Waals surface area contributed by atoms with Crippen LogP contribution in [0.4, 0.5) is 13.2 Å². The van der Waals surface area contributed by atoms with Gasteiger partial charge in [0, 0.05) is 22.1 Å². The molecule has 4 aromatic carbocycles. The molecule has 184 valence electrons. The van der Waals surface area contributed by atoms with Crippen molar-refractivity contribution in [1.82, 2.24) is 0 Å². The first kappa shape index (κ1) is 23.8. The second-order valence-electron chi connectivity index (χ2n) is 9.06. The zero-order valence-electron chi connectivity index (χ0n) is 20.1. The van der Waals surface area contributed by atoms with Gasteiger partial charge in [0.2, 0.25) is 0 Å². The summed E-state index contributed by atoms with van der Waals surface area (Å²) >= 11 is 0. The number of halogens is 3. The third-order valence-electron chi connectivity index (χ3n) is 6.48. The Morgan fingerprint density at radius 3 is 2.03 bits per heavy atom. The largest absolute Gasteiger partial charge is 0.573 e. The summed E-state index contributed by atoms with van der Waals surface area (Å²) in [6.07, 6.45) is -0.732. The van der Waals surface area contributed by atoms with E-state index in [1.54, 1.807) is 19.2 Å². The van der Waals surface area contributed by atoms with Crippen molar-refractivity contribution in [3.05, 3.63) is 107 Å². The smallest absolute Gasteiger partial charge is 0.497 e. The van der Waals surface area contributed by atoms with Gasteiger partial charge in [-0.1, -0.05) is 74.5 Å². The molecule has 1 heterocycles. The van der Waals surface area contributed by atoms with Crippen molar-refractivity contribution < 1.29 is 27.4 Å². The summed E-state index contributed by atoms with van der Waals surface area (Å²) in [5, 5.41) is 2.03. The van der Waals surface area contributed by atoms with Gasteiger partial charge in [-0.15, -0.1) is 13.2 Å². The van der Waals surface area contributed by atoms with Crippen LogP contribution in [0.25, 0.3) is 16.8 Å². The van der Waals surface area contributed by atoms with Crippen LogP contribution in [-0.2, 0) is 5.60 Å². The quantitative estimate of drug-likeness (QED) is 0.282. The molecular weight excluding hydrogens is 465 g/mol. The van der Waals surface area contributed by atoms with E-state index in [4.69, 9.17) is 9.47 Å². The predicted octanol–water partition coefficient (Wildman–Crippen LogP) is 8.22. The van der Waals surface area contributed by atoms with E-state index in [9.17, 15) is 13.2 Å². The fourth-order valence-corrected chi connectivity index (χ4v) is 4.73. The number of methoxy groups -OCH3 is 1. The lowest BCUT2D eigenvalue weighted by Crippen LogP contribution is -2.34. The van der Waals surface area contributed by atoms with Gasteiger partial charge in [-0.25, -0.2) is 0 Å². The van der Waals surface area contributed by atoms with Crippen molar-refractivity contribution in [1.29, 1.82) is 0 Å². The van der Waals surface area contributed by atoms with Gasteiger partial charge in [0.1, 0.15) is 17.2 Å². The number of hydrogen-bond acceptors (Lipinski definition) is 3. The van der Waals surface area contributed by atoms with Crippen LogP contribution in [0.15, 0.2) is 84.9 Å². The molecule has 4 aromatic rings. The number of rotatable bonds is 5. The third kappa shape index (κ3) is 4.28. The molecule has 0 saturated heterocycles. The topological polar surface area (TPSA) is 27.7 Å². The first-order chi connectivity index (χ1) is 17.2. The molecule has 1 atom stereocenters. The minimum Gasteiger partial charge on any atom is -0.497 e. The van der Waals surface area contributed by atoms with Crippen molar-refractivity contribution in [3.8, 4) is 17.2 Å². The summed E-state index contributed by atoms with van der Waals surface area (Å²) in [5.41, 5.74) is 2.58. The minimum atomic E-state index is -4.76. The monoisotopic (exact) mass is 490 g/mol. The average Bonchev–Trinajstić information content (AvgIpc) is 2.87. The lowest BCUT2D eigenvalue weighted by Gasteiger charge is -2.37. The fraction of sp³-hybridized carbons (Fsp3) is 0.200. The maximum Gasteiger partial charge on any atom is 0.573 e. The Balaban J connectivity index is 1.71. The van der Waals surface area contributed by atoms with Gasteiger partial charge in [0.15, 0.2) is 5.60 Å². The summed E-state index contributed by atoms with van der Waals surface area (Å²) in [6, 6.07) is 23.6. The van der Waals surface area contributed by atoms with Gasteiger partial charge in [-0.2, -0.15) is 0 Å². The molecule has 1 aliphatic rings. The maximum absolute atomic E-state index is 12.8. The van der Waals surface area contributed by atoms with Crippen LogP contribution < -0.4 is 14.2 Å². The van der Waals surface area contributed by atoms with Crippen molar-refractivity contribution in [2.45, 2.75) is 31.7 Å². The average molecular weight is 491 g/mol. The SMILES string of the molecule is COc1ccc(C2(c3ccc(OC(F)(F)F)cc3)C=Cc3c(C(C)C)cc4ccccc4c3O2)cc1. The van der Waals surface area contributed by atoms with E-state index < -0.39 is 12.0 Å². The highest BCUT2D eigenvalue weighted by atomic mass is 19.4. The van der Waals surface area contributed by atoms with Gasteiger partial charge in [0.05, 0.1) is 7.11 Å². The Hall–Kier alpha value is -3.93. The van der Waals surface area contributed by atoms with E-state index in [1.165, 1.54) is 12.1 Å². The highest BCUT2D eigenvalue weighted by Crippen LogP contribution is 2.47. The molecule has 6 heteroatoms. The highest BCUT2D eigenvalue weighted by Gasteiger charge is 2.39. The number of hydrogen-bond donors (Lipinski definition) is 0. The summed E-state index contributed by atoms with van der Waals surface area (Å²) in [5.74, 6) is 1.41. The van der Waals surface area contributed by atoms with E-state index in [2.05, 4.69) is 36.8 Å². The summed E-state index contributed by atoms with van der Waals surface area (Å²) < 4.78 is 54.6. The van der Waals surface area contributed by atoms with Crippen LogP contribution in [0.1, 0.15) is 42.0 Å². The summed E-state index contributed by atoms with van der Waals surface area (Å²) in [7, 11) is 1.59. The number of ether oxygens (including phenoxy) is 3. The van der Waals surface area contributed by atoms with E-state index in [1.807, 2.05) is 48.5 Å². The van der Waals surface area contributed by atoms with E-state index in [0.29, 0.717) is 11.3 Å². The standard InChI is InChI=1S/C30H25F3O3/c1-19(2)27-18-20-6-4-5-7-25(20)28-26(27)16-17-29(36-28,21-8-12-23(34-3)13-9-21)22-10-14-24(15-11-22)35-30(31,32)33/h4-19H,1-3H3. The van der Waals surface area contributed by atoms with Crippen LogP contribution >= 0.6 is 0 Å². The lowest BCUT2D eigenvalue weighted by molar-refractivity contribution is -0.274. The van der Waals surface area contributed by atoms with E-state index in [0.717, 1.165) is 33.2 Å². The Labute approximate surface area is 207 Å². The minimum absolute atomic E-state index is 0.267. The number of benzene rings is 4. The van der Waals surface area contributed by atoms with E-state index >= 15 is 0 Å². The van der Waals surface area contributed by atoms with Crippen molar-refractivity contribution in [3.63, 3.8) is 0 Å². The molecule has 1 aliphatic heterocycles.